The van der Waals surface area contributed by atoms with Gasteiger partial charge in [-0.25, -0.2) is 0 Å². The average Bonchev–Trinajstić information content (AvgIpc) is 2.81. The fourth-order valence-electron chi connectivity index (χ4n) is 2.69. The Morgan fingerprint density at radius 1 is 1.30 bits per heavy atom. The third-order valence-electron chi connectivity index (χ3n) is 3.73. The van der Waals surface area contributed by atoms with Gasteiger partial charge in [0.25, 0.3) is 11.8 Å². The third-order valence-corrected chi connectivity index (χ3v) is 3.73. The van der Waals surface area contributed by atoms with Crippen molar-refractivity contribution in [1.29, 1.82) is 0 Å². The first-order valence-corrected chi connectivity index (χ1v) is 7.46. The maximum absolute atomic E-state index is 12.7. The van der Waals surface area contributed by atoms with Crippen LogP contribution in [-0.4, -0.2) is 48.5 Å². The second-order valence-electron chi connectivity index (χ2n) is 5.11. The molecule has 0 fully saturated rings. The van der Waals surface area contributed by atoms with E-state index in [2.05, 4.69) is 10.6 Å². The molecule has 1 unspecified atom stereocenters. The number of benzene rings is 1. The molecule has 3 amide bonds. The van der Waals surface area contributed by atoms with Crippen LogP contribution in [0.15, 0.2) is 18.2 Å². The minimum Gasteiger partial charge on any atom is -0.385 e. The number of nitrogens with zero attached hydrogens (tertiary/aromatic N) is 1. The van der Waals surface area contributed by atoms with Crippen LogP contribution in [0.4, 0.5) is 5.69 Å². The van der Waals surface area contributed by atoms with Crippen molar-refractivity contribution in [1.82, 2.24) is 10.2 Å². The van der Waals surface area contributed by atoms with Gasteiger partial charge in [0, 0.05) is 25.7 Å². The number of anilines is 1. The molecule has 2 rings (SSSR count). The van der Waals surface area contributed by atoms with Crippen molar-refractivity contribution in [2.75, 3.05) is 18.9 Å². The lowest BCUT2D eigenvalue weighted by Crippen LogP contribution is -2.48. The summed E-state index contributed by atoms with van der Waals surface area (Å²) in [5.41, 5.74) is 1.12. The van der Waals surface area contributed by atoms with Gasteiger partial charge in [0.1, 0.15) is 12.3 Å². The van der Waals surface area contributed by atoms with Crippen LogP contribution in [0, 0.1) is 0 Å². The first kappa shape index (κ1) is 16.7. The molecule has 0 saturated carbocycles. The number of rotatable bonds is 7. The van der Waals surface area contributed by atoms with Crippen LogP contribution in [0.2, 0.25) is 0 Å². The summed E-state index contributed by atoms with van der Waals surface area (Å²) < 4.78 is 0. The number of hydrogen-bond donors (Lipinski definition) is 2. The minimum absolute atomic E-state index is 0.0888. The van der Waals surface area contributed by atoms with Crippen LogP contribution >= 0.6 is 0 Å². The van der Waals surface area contributed by atoms with Gasteiger partial charge >= 0.3 is 0 Å². The summed E-state index contributed by atoms with van der Waals surface area (Å²) in [6.07, 6.45) is 0.856. The smallest absolute Gasteiger partial charge is 0.264 e. The van der Waals surface area contributed by atoms with Crippen LogP contribution in [0.3, 0.4) is 0 Å². The van der Waals surface area contributed by atoms with Gasteiger partial charge in [0.2, 0.25) is 5.91 Å². The Kier molecular flexibility index (Phi) is 5.10. The summed E-state index contributed by atoms with van der Waals surface area (Å²) in [6, 6.07) is 3.98. The Hall–Kier alpha value is -2.70. The Balaban J connectivity index is 2.43. The fraction of sp³-hybridized carbons (Fsp3) is 0.375. The monoisotopic (exact) mass is 317 g/mol. The average molecular weight is 317 g/mol. The normalized spacial score (nSPS) is 14.4. The molecule has 0 spiro atoms. The molecular formula is C16H19N3O4. The van der Waals surface area contributed by atoms with E-state index in [0.29, 0.717) is 18.5 Å². The molecule has 1 aromatic rings. The number of fused-ring (bicyclic) bond motifs is 1. The molecule has 1 heterocycles. The van der Waals surface area contributed by atoms with E-state index in [1.165, 1.54) is 7.05 Å². The fourth-order valence-corrected chi connectivity index (χ4v) is 2.69. The summed E-state index contributed by atoms with van der Waals surface area (Å²) in [4.78, 5) is 49.0. The van der Waals surface area contributed by atoms with Crippen molar-refractivity contribution in [2.45, 2.75) is 25.8 Å². The van der Waals surface area contributed by atoms with Gasteiger partial charge in [0.15, 0.2) is 0 Å². The molecule has 0 aromatic heterocycles. The largest absolute Gasteiger partial charge is 0.385 e. The standard InChI is InChI=1S/C16H19N3O4/c1-3-18-11-7-4-6-10-13(11)16(23)19(15(10)22)12(8-5-9-20)14(21)17-2/h4,6-7,9,12,18H,3,5,8H2,1-2H3,(H,17,21). The van der Waals surface area contributed by atoms with Crippen LogP contribution in [0.5, 0.6) is 0 Å². The van der Waals surface area contributed by atoms with Gasteiger partial charge in [-0.2, -0.15) is 0 Å². The Morgan fingerprint density at radius 2 is 2.04 bits per heavy atom. The Labute approximate surface area is 134 Å². The van der Waals surface area contributed by atoms with Gasteiger partial charge in [-0.3, -0.25) is 19.3 Å². The highest BCUT2D eigenvalue weighted by Crippen LogP contribution is 2.31. The number of aldehydes is 1. The quantitative estimate of drug-likeness (QED) is 0.573. The second kappa shape index (κ2) is 7.04. The number of nitrogens with one attached hydrogen (secondary N) is 2. The maximum Gasteiger partial charge on any atom is 0.264 e. The summed E-state index contributed by atoms with van der Waals surface area (Å²) in [5, 5.41) is 5.49. The lowest BCUT2D eigenvalue weighted by molar-refractivity contribution is -0.124. The van der Waals surface area contributed by atoms with E-state index in [4.69, 9.17) is 0 Å². The van der Waals surface area contributed by atoms with Gasteiger partial charge in [-0.15, -0.1) is 0 Å². The predicted octanol–water partition coefficient (Wildman–Crippen LogP) is 0.808. The number of carbonyl (C=O) groups is 4. The van der Waals surface area contributed by atoms with Gasteiger partial charge in [-0.1, -0.05) is 6.07 Å². The molecule has 0 aliphatic carbocycles. The molecule has 0 radical (unpaired) electrons. The van der Waals surface area contributed by atoms with Crippen LogP contribution in [0.25, 0.3) is 0 Å². The highest BCUT2D eigenvalue weighted by atomic mass is 16.2. The van der Waals surface area contributed by atoms with E-state index in [1.807, 2.05) is 6.92 Å². The first-order valence-electron chi connectivity index (χ1n) is 7.46. The van der Waals surface area contributed by atoms with Crippen molar-refractivity contribution in [2.24, 2.45) is 0 Å². The molecule has 2 N–H and O–H groups in total. The molecule has 122 valence electrons. The minimum atomic E-state index is -0.993. The lowest BCUT2D eigenvalue weighted by Gasteiger charge is -2.24. The third kappa shape index (κ3) is 2.94. The maximum atomic E-state index is 12.7. The topological polar surface area (TPSA) is 95.6 Å². The number of carbonyl (C=O) groups excluding carboxylic acids is 4. The van der Waals surface area contributed by atoms with Gasteiger partial charge < -0.3 is 15.4 Å². The van der Waals surface area contributed by atoms with E-state index >= 15 is 0 Å². The number of likely N-dealkylation sites (N-methyl/N-ethyl adjacent to an activating group) is 1. The Morgan fingerprint density at radius 3 is 2.65 bits per heavy atom. The summed E-state index contributed by atoms with van der Waals surface area (Å²) >= 11 is 0. The molecule has 1 aliphatic heterocycles. The summed E-state index contributed by atoms with van der Waals surface area (Å²) in [7, 11) is 1.43. The highest BCUT2D eigenvalue weighted by molar-refractivity contribution is 6.25. The molecule has 0 saturated heterocycles. The van der Waals surface area contributed by atoms with Crippen LogP contribution in [-0.2, 0) is 9.59 Å². The first-order chi connectivity index (χ1) is 11.1. The van der Waals surface area contributed by atoms with Crippen LogP contribution in [0.1, 0.15) is 40.5 Å². The van der Waals surface area contributed by atoms with E-state index in [0.717, 1.165) is 4.90 Å². The predicted molar refractivity (Wildman–Crippen MR) is 84.3 cm³/mol. The SMILES string of the molecule is CCNc1cccc2c1C(=O)N(C(CCC=O)C(=O)NC)C2=O. The summed E-state index contributed by atoms with van der Waals surface area (Å²) in [5.74, 6) is -1.49. The zero-order chi connectivity index (χ0) is 17.0. The van der Waals surface area contributed by atoms with E-state index in [1.54, 1.807) is 18.2 Å². The molecule has 23 heavy (non-hydrogen) atoms. The molecule has 7 nitrogen and oxygen atoms in total. The number of hydrogen-bond acceptors (Lipinski definition) is 5. The van der Waals surface area contributed by atoms with Crippen molar-refractivity contribution < 1.29 is 19.2 Å². The summed E-state index contributed by atoms with van der Waals surface area (Å²) in [6.45, 7) is 2.48. The second-order valence-corrected chi connectivity index (χ2v) is 5.11. The van der Waals surface area contributed by atoms with Crippen LogP contribution < -0.4 is 10.6 Å². The zero-order valence-corrected chi connectivity index (χ0v) is 13.1. The molecule has 1 aliphatic rings. The van der Waals surface area contributed by atoms with E-state index < -0.39 is 23.8 Å². The Bertz CT molecular complexity index is 657. The lowest BCUT2D eigenvalue weighted by atomic mass is 10.1. The van der Waals surface area contributed by atoms with Crippen molar-refractivity contribution in [3.8, 4) is 0 Å². The van der Waals surface area contributed by atoms with E-state index in [9.17, 15) is 19.2 Å². The molecule has 1 aromatic carbocycles. The van der Waals surface area contributed by atoms with Crippen molar-refractivity contribution in [3.63, 3.8) is 0 Å². The number of imide groups is 1. The highest BCUT2D eigenvalue weighted by Gasteiger charge is 2.43. The van der Waals surface area contributed by atoms with Gasteiger partial charge in [-0.05, 0) is 25.5 Å². The number of amides is 3. The zero-order valence-electron chi connectivity index (χ0n) is 13.1. The van der Waals surface area contributed by atoms with Gasteiger partial charge in [0.05, 0.1) is 11.1 Å². The molecule has 1 atom stereocenters. The molecule has 0 bridgehead atoms. The van der Waals surface area contributed by atoms with Crippen molar-refractivity contribution >= 4 is 29.7 Å². The van der Waals surface area contributed by atoms with E-state index in [-0.39, 0.29) is 24.0 Å². The molecule has 7 heteroatoms. The van der Waals surface area contributed by atoms with Crippen molar-refractivity contribution in [3.05, 3.63) is 29.3 Å². The molecular weight excluding hydrogens is 298 g/mol.